The van der Waals surface area contributed by atoms with Gasteiger partial charge in [0.15, 0.2) is 0 Å². The Hall–Kier alpha value is -3.74. The number of nitrogens with zero attached hydrogens (tertiary/aromatic N) is 3. The summed E-state index contributed by atoms with van der Waals surface area (Å²) >= 11 is 0. The summed E-state index contributed by atoms with van der Waals surface area (Å²) in [5, 5.41) is 0.521. The smallest absolute Gasteiger partial charge is 0.329 e. The van der Waals surface area contributed by atoms with Gasteiger partial charge in [0.2, 0.25) is 0 Å². The minimum atomic E-state index is -0.685. The first-order valence-electron chi connectivity index (χ1n) is 7.89. The summed E-state index contributed by atoms with van der Waals surface area (Å²) in [6.07, 6.45) is 5.10. The predicted octanol–water partition coefficient (Wildman–Crippen LogP) is 2.17. The lowest BCUT2D eigenvalue weighted by Crippen LogP contribution is -2.33. The lowest BCUT2D eigenvalue weighted by atomic mass is 10.1. The number of fused-ring (bicyclic) bond motifs is 1. The van der Waals surface area contributed by atoms with E-state index in [4.69, 9.17) is 4.84 Å². The van der Waals surface area contributed by atoms with Gasteiger partial charge in [-0.3, -0.25) is 9.59 Å². The van der Waals surface area contributed by atoms with E-state index in [-0.39, 0.29) is 17.5 Å². The second-order valence-corrected chi connectivity index (χ2v) is 5.73. The van der Waals surface area contributed by atoms with Crippen molar-refractivity contribution in [2.75, 3.05) is 0 Å². The molecule has 0 bridgehead atoms. The fourth-order valence-corrected chi connectivity index (χ4v) is 2.75. The first-order valence-corrected chi connectivity index (χ1v) is 7.89. The number of benzene rings is 2. The second-order valence-electron chi connectivity index (χ2n) is 5.73. The molecule has 0 atom stereocenters. The van der Waals surface area contributed by atoms with Crippen molar-refractivity contribution in [1.29, 1.82) is 0 Å². The number of carbonyl (C=O) groups is 3. The average Bonchev–Trinajstić information content (AvgIpc) is 3.27. The van der Waals surface area contributed by atoms with Crippen LogP contribution in [0.4, 0.5) is 0 Å². The molecule has 2 heterocycles. The maximum absolute atomic E-state index is 12.2. The Balaban J connectivity index is 1.43. The summed E-state index contributed by atoms with van der Waals surface area (Å²) in [5.74, 6) is -1.95. The summed E-state index contributed by atoms with van der Waals surface area (Å²) in [7, 11) is 0. The molecule has 1 aromatic heterocycles. The highest BCUT2D eigenvalue weighted by atomic mass is 16.7. The van der Waals surface area contributed by atoms with Gasteiger partial charge in [0, 0.05) is 18.1 Å². The van der Waals surface area contributed by atoms with Crippen molar-refractivity contribution in [3.05, 3.63) is 83.9 Å². The van der Waals surface area contributed by atoms with Crippen LogP contribution in [0, 0.1) is 0 Å². The molecule has 0 fully saturated rings. The minimum absolute atomic E-state index is 0.0579. The third-order valence-electron chi connectivity index (χ3n) is 4.04. The van der Waals surface area contributed by atoms with Crippen molar-refractivity contribution in [3.8, 4) is 5.69 Å². The van der Waals surface area contributed by atoms with Crippen LogP contribution in [0.2, 0.25) is 0 Å². The molecule has 1 aliphatic heterocycles. The number of rotatable bonds is 4. The van der Waals surface area contributed by atoms with E-state index >= 15 is 0 Å². The van der Waals surface area contributed by atoms with E-state index in [0.29, 0.717) is 10.6 Å². The number of hydrogen-bond acceptors (Lipinski definition) is 5. The summed E-state index contributed by atoms with van der Waals surface area (Å²) < 4.78 is 1.83. The lowest BCUT2D eigenvalue weighted by Gasteiger charge is -2.12. The molecule has 128 valence electrons. The molecular formula is C19H13N3O4. The zero-order chi connectivity index (χ0) is 18.1. The Morgan fingerprint density at radius 2 is 1.62 bits per heavy atom. The Bertz CT molecular complexity index is 959. The van der Waals surface area contributed by atoms with Gasteiger partial charge in [-0.05, 0) is 29.8 Å². The van der Waals surface area contributed by atoms with E-state index in [9.17, 15) is 14.4 Å². The maximum Gasteiger partial charge on any atom is 0.337 e. The predicted molar refractivity (Wildman–Crippen MR) is 90.3 cm³/mol. The SMILES string of the molecule is O=C(Cc1ccc(-n2ccnc2)cc1)ON1C(=O)c2ccccc2C1=O. The minimum Gasteiger partial charge on any atom is -0.329 e. The van der Waals surface area contributed by atoms with Crippen LogP contribution in [-0.4, -0.2) is 32.4 Å². The Labute approximate surface area is 148 Å². The largest absolute Gasteiger partial charge is 0.337 e. The van der Waals surface area contributed by atoms with Gasteiger partial charge >= 0.3 is 5.97 Å². The second kappa shape index (κ2) is 6.29. The molecule has 0 saturated heterocycles. The molecule has 0 saturated carbocycles. The van der Waals surface area contributed by atoms with E-state index < -0.39 is 17.8 Å². The normalized spacial score (nSPS) is 13.0. The lowest BCUT2D eigenvalue weighted by molar-refractivity contribution is -0.167. The van der Waals surface area contributed by atoms with Gasteiger partial charge in [0.05, 0.1) is 23.9 Å². The van der Waals surface area contributed by atoms with Crippen molar-refractivity contribution >= 4 is 17.8 Å². The molecule has 0 radical (unpaired) electrons. The first-order chi connectivity index (χ1) is 12.6. The molecule has 7 heteroatoms. The van der Waals surface area contributed by atoms with Gasteiger partial charge in [0.1, 0.15) is 0 Å². The van der Waals surface area contributed by atoms with Crippen molar-refractivity contribution in [3.63, 3.8) is 0 Å². The topological polar surface area (TPSA) is 81.5 Å². The molecular weight excluding hydrogens is 334 g/mol. The van der Waals surface area contributed by atoms with Gasteiger partial charge in [-0.15, -0.1) is 0 Å². The van der Waals surface area contributed by atoms with Crippen LogP contribution < -0.4 is 0 Å². The van der Waals surface area contributed by atoms with Crippen LogP contribution in [0.1, 0.15) is 26.3 Å². The third-order valence-corrected chi connectivity index (χ3v) is 4.04. The molecule has 2 amide bonds. The van der Waals surface area contributed by atoms with E-state index in [2.05, 4.69) is 4.98 Å². The number of aromatic nitrogens is 2. The number of amides is 2. The van der Waals surface area contributed by atoms with Crippen LogP contribution in [0.25, 0.3) is 5.69 Å². The van der Waals surface area contributed by atoms with Crippen molar-refractivity contribution in [2.24, 2.45) is 0 Å². The first kappa shape index (κ1) is 15.8. The van der Waals surface area contributed by atoms with Crippen LogP contribution in [0.5, 0.6) is 0 Å². The van der Waals surface area contributed by atoms with Crippen molar-refractivity contribution in [1.82, 2.24) is 14.6 Å². The highest BCUT2D eigenvalue weighted by Crippen LogP contribution is 2.23. The highest BCUT2D eigenvalue weighted by Gasteiger charge is 2.38. The number of hydroxylamine groups is 2. The van der Waals surface area contributed by atoms with Crippen molar-refractivity contribution < 1.29 is 19.2 Å². The Kier molecular flexibility index (Phi) is 3.81. The van der Waals surface area contributed by atoms with E-state index in [1.807, 2.05) is 22.9 Å². The number of imidazole rings is 1. The Morgan fingerprint density at radius 1 is 0.962 bits per heavy atom. The zero-order valence-electron chi connectivity index (χ0n) is 13.5. The third kappa shape index (κ3) is 2.75. The number of imide groups is 1. The molecule has 7 nitrogen and oxygen atoms in total. The zero-order valence-corrected chi connectivity index (χ0v) is 13.5. The van der Waals surface area contributed by atoms with Crippen LogP contribution in [0.15, 0.2) is 67.3 Å². The standard InChI is InChI=1S/C19H13N3O4/c23-17(11-13-5-7-14(8-6-13)21-10-9-20-12-21)26-22-18(24)15-3-1-2-4-16(15)19(22)25/h1-10,12H,11H2. The molecule has 1 aliphatic rings. The van der Waals surface area contributed by atoms with Crippen LogP contribution in [-0.2, 0) is 16.1 Å². The van der Waals surface area contributed by atoms with Gasteiger partial charge < -0.3 is 9.40 Å². The van der Waals surface area contributed by atoms with E-state index in [1.54, 1.807) is 36.8 Å². The quantitative estimate of drug-likeness (QED) is 0.676. The molecule has 0 N–H and O–H groups in total. The monoisotopic (exact) mass is 347 g/mol. The van der Waals surface area contributed by atoms with Gasteiger partial charge in [-0.1, -0.05) is 29.3 Å². The molecule has 3 aromatic rings. The Morgan fingerprint density at radius 3 is 2.19 bits per heavy atom. The average molecular weight is 347 g/mol. The van der Waals surface area contributed by atoms with Gasteiger partial charge in [0.25, 0.3) is 11.8 Å². The summed E-state index contributed by atoms with van der Waals surface area (Å²) in [6, 6.07) is 13.6. The molecule has 0 unspecified atom stereocenters. The summed E-state index contributed by atoms with van der Waals surface area (Å²) in [4.78, 5) is 45.5. The van der Waals surface area contributed by atoms with Gasteiger partial charge in [-0.25, -0.2) is 9.78 Å². The van der Waals surface area contributed by atoms with E-state index in [0.717, 1.165) is 5.69 Å². The highest BCUT2D eigenvalue weighted by molar-refractivity contribution is 6.20. The van der Waals surface area contributed by atoms with Crippen LogP contribution >= 0.6 is 0 Å². The summed E-state index contributed by atoms with van der Waals surface area (Å²) in [5.41, 5.74) is 2.07. The van der Waals surface area contributed by atoms with Crippen LogP contribution in [0.3, 0.4) is 0 Å². The summed E-state index contributed by atoms with van der Waals surface area (Å²) in [6.45, 7) is 0. The molecule has 26 heavy (non-hydrogen) atoms. The molecule has 2 aromatic carbocycles. The molecule has 0 spiro atoms. The number of carbonyl (C=O) groups excluding carboxylic acids is 3. The molecule has 0 aliphatic carbocycles. The van der Waals surface area contributed by atoms with E-state index in [1.165, 1.54) is 12.1 Å². The molecule has 4 rings (SSSR count). The number of hydrogen-bond donors (Lipinski definition) is 0. The van der Waals surface area contributed by atoms with Gasteiger partial charge in [-0.2, -0.15) is 0 Å². The fraction of sp³-hybridized carbons (Fsp3) is 0.0526. The fourth-order valence-electron chi connectivity index (χ4n) is 2.75. The maximum atomic E-state index is 12.2. The van der Waals surface area contributed by atoms with Crippen molar-refractivity contribution in [2.45, 2.75) is 6.42 Å².